The Hall–Kier alpha value is -4.02. The number of para-hydroxylation sites is 2. The molecule has 0 spiro atoms. The average molecular weight is 365 g/mol. The van der Waals surface area contributed by atoms with E-state index in [0.717, 1.165) is 4.80 Å². The van der Waals surface area contributed by atoms with Gasteiger partial charge < -0.3 is 5.32 Å². The molecule has 0 saturated heterocycles. The number of halogens is 1. The molecule has 11 heteroatoms. The molecule has 134 valence electrons. The van der Waals surface area contributed by atoms with Crippen LogP contribution in [0.5, 0.6) is 0 Å². The van der Waals surface area contributed by atoms with Gasteiger partial charge in [0.25, 0.3) is 0 Å². The number of amides is 1. The second-order valence-electron chi connectivity index (χ2n) is 5.44. The number of benzene rings is 2. The number of nitrogens with one attached hydrogen (secondary N) is 1. The van der Waals surface area contributed by atoms with Gasteiger partial charge in [-0.15, -0.1) is 15.3 Å². The SMILES string of the molecule is O=C(Cn1nnc(-c2ccccc2-n2cnnn2)n1)Nc1ccccc1F. The maximum absolute atomic E-state index is 13.6. The van der Waals surface area contributed by atoms with E-state index in [1.807, 2.05) is 12.1 Å². The van der Waals surface area contributed by atoms with Crippen molar-refractivity contribution in [2.45, 2.75) is 6.54 Å². The van der Waals surface area contributed by atoms with Gasteiger partial charge in [-0.1, -0.05) is 24.3 Å². The standard InChI is InChI=1S/C16H12FN9O/c17-12-6-2-3-7-13(12)19-15(27)9-26-21-16(20-23-26)11-5-1-4-8-14(11)25-10-18-22-24-25/h1-8,10H,9H2,(H,19,27). The van der Waals surface area contributed by atoms with Crippen LogP contribution in [0.25, 0.3) is 17.1 Å². The van der Waals surface area contributed by atoms with Crippen LogP contribution in [0.2, 0.25) is 0 Å². The third kappa shape index (κ3) is 3.51. The fraction of sp³-hybridized carbons (Fsp3) is 0.0625. The smallest absolute Gasteiger partial charge is 0.248 e. The largest absolute Gasteiger partial charge is 0.322 e. The highest BCUT2D eigenvalue weighted by atomic mass is 19.1. The Morgan fingerprint density at radius 2 is 1.89 bits per heavy atom. The predicted molar refractivity (Wildman–Crippen MR) is 91.0 cm³/mol. The lowest BCUT2D eigenvalue weighted by Gasteiger charge is -2.05. The van der Waals surface area contributed by atoms with Crippen LogP contribution in [0.15, 0.2) is 54.9 Å². The second-order valence-corrected chi connectivity index (χ2v) is 5.44. The first-order valence-corrected chi connectivity index (χ1v) is 7.85. The highest BCUT2D eigenvalue weighted by molar-refractivity contribution is 5.90. The third-order valence-electron chi connectivity index (χ3n) is 3.63. The molecular weight excluding hydrogens is 353 g/mol. The van der Waals surface area contributed by atoms with Crippen molar-refractivity contribution in [3.8, 4) is 17.1 Å². The van der Waals surface area contributed by atoms with Crippen LogP contribution in [0.3, 0.4) is 0 Å². The van der Waals surface area contributed by atoms with E-state index in [9.17, 15) is 9.18 Å². The Morgan fingerprint density at radius 3 is 2.70 bits per heavy atom. The zero-order chi connectivity index (χ0) is 18.6. The molecule has 1 N–H and O–H groups in total. The van der Waals surface area contributed by atoms with Crippen molar-refractivity contribution in [2.24, 2.45) is 0 Å². The van der Waals surface area contributed by atoms with Crippen molar-refractivity contribution in [3.05, 3.63) is 60.7 Å². The van der Waals surface area contributed by atoms with Gasteiger partial charge in [0.2, 0.25) is 11.7 Å². The third-order valence-corrected chi connectivity index (χ3v) is 3.63. The molecule has 2 heterocycles. The highest BCUT2D eigenvalue weighted by Gasteiger charge is 2.14. The molecule has 1 amide bonds. The summed E-state index contributed by atoms with van der Waals surface area (Å²) in [7, 11) is 0. The molecule has 0 unspecified atom stereocenters. The Labute approximate surface area is 151 Å². The van der Waals surface area contributed by atoms with Gasteiger partial charge in [0.1, 0.15) is 18.7 Å². The molecule has 10 nitrogen and oxygen atoms in total. The van der Waals surface area contributed by atoms with Crippen molar-refractivity contribution < 1.29 is 9.18 Å². The minimum Gasteiger partial charge on any atom is -0.322 e. The minimum absolute atomic E-state index is 0.0897. The van der Waals surface area contributed by atoms with E-state index in [1.165, 1.54) is 23.1 Å². The first kappa shape index (κ1) is 16.4. The molecule has 0 aliphatic carbocycles. The number of nitrogens with zero attached hydrogens (tertiary/aromatic N) is 8. The number of hydrogen-bond acceptors (Lipinski definition) is 7. The van der Waals surface area contributed by atoms with Crippen LogP contribution in [-0.4, -0.2) is 46.3 Å². The van der Waals surface area contributed by atoms with Gasteiger partial charge in [-0.3, -0.25) is 4.79 Å². The van der Waals surface area contributed by atoms with Crippen LogP contribution in [0.4, 0.5) is 10.1 Å². The maximum Gasteiger partial charge on any atom is 0.248 e. The van der Waals surface area contributed by atoms with Gasteiger partial charge in [0.05, 0.1) is 11.4 Å². The minimum atomic E-state index is -0.520. The Bertz CT molecular complexity index is 1080. The van der Waals surface area contributed by atoms with Crippen molar-refractivity contribution in [1.82, 2.24) is 40.4 Å². The fourth-order valence-electron chi connectivity index (χ4n) is 2.43. The normalized spacial score (nSPS) is 10.7. The summed E-state index contributed by atoms with van der Waals surface area (Å²) < 4.78 is 15.1. The Kier molecular flexibility index (Phi) is 4.31. The predicted octanol–water partition coefficient (Wildman–Crippen LogP) is 1.09. The average Bonchev–Trinajstić information content (AvgIpc) is 3.36. The van der Waals surface area contributed by atoms with Gasteiger partial charge in [-0.25, -0.2) is 4.39 Å². The fourth-order valence-corrected chi connectivity index (χ4v) is 2.43. The van der Waals surface area contributed by atoms with Crippen LogP contribution < -0.4 is 5.32 Å². The summed E-state index contributed by atoms with van der Waals surface area (Å²) in [6, 6.07) is 13.1. The molecule has 27 heavy (non-hydrogen) atoms. The van der Waals surface area contributed by atoms with Crippen LogP contribution in [0.1, 0.15) is 0 Å². The molecule has 0 radical (unpaired) electrons. The first-order valence-electron chi connectivity index (χ1n) is 7.85. The number of tetrazole rings is 2. The van der Waals surface area contributed by atoms with Gasteiger partial charge in [0.15, 0.2) is 0 Å². The molecule has 0 fully saturated rings. The Balaban J connectivity index is 1.53. The molecule has 2 aromatic heterocycles. The topological polar surface area (TPSA) is 116 Å². The molecule has 4 aromatic rings. The van der Waals surface area contributed by atoms with E-state index in [2.05, 4.69) is 36.3 Å². The molecule has 0 aliphatic heterocycles. The monoisotopic (exact) mass is 365 g/mol. The van der Waals surface area contributed by atoms with E-state index < -0.39 is 11.7 Å². The number of aromatic nitrogens is 8. The molecular formula is C16H12FN9O. The zero-order valence-electron chi connectivity index (χ0n) is 13.8. The van der Waals surface area contributed by atoms with E-state index >= 15 is 0 Å². The van der Waals surface area contributed by atoms with Crippen molar-refractivity contribution in [3.63, 3.8) is 0 Å². The molecule has 2 aromatic carbocycles. The number of carbonyl (C=O) groups excluding carboxylic acids is 1. The summed E-state index contributed by atoms with van der Waals surface area (Å²) >= 11 is 0. The first-order chi connectivity index (χ1) is 13.2. The summed E-state index contributed by atoms with van der Waals surface area (Å²) in [5, 5.41) is 25.6. The lowest BCUT2D eigenvalue weighted by molar-refractivity contribution is -0.117. The van der Waals surface area contributed by atoms with Crippen molar-refractivity contribution in [2.75, 3.05) is 5.32 Å². The molecule has 0 atom stereocenters. The number of anilines is 1. The summed E-state index contributed by atoms with van der Waals surface area (Å²) in [4.78, 5) is 13.2. The van der Waals surface area contributed by atoms with Gasteiger partial charge >= 0.3 is 0 Å². The Morgan fingerprint density at radius 1 is 1.07 bits per heavy atom. The highest BCUT2D eigenvalue weighted by Crippen LogP contribution is 2.22. The summed E-state index contributed by atoms with van der Waals surface area (Å²) in [6.45, 7) is -0.214. The lowest BCUT2D eigenvalue weighted by Crippen LogP contribution is -2.21. The summed E-state index contributed by atoms with van der Waals surface area (Å²) in [5.41, 5.74) is 1.40. The number of rotatable bonds is 5. The van der Waals surface area contributed by atoms with Crippen molar-refractivity contribution in [1.29, 1.82) is 0 Å². The molecule has 0 aliphatic rings. The summed E-state index contributed by atoms with van der Waals surface area (Å²) in [5.74, 6) is -0.689. The second kappa shape index (κ2) is 7.07. The number of hydrogen-bond donors (Lipinski definition) is 1. The zero-order valence-corrected chi connectivity index (χ0v) is 13.8. The van der Waals surface area contributed by atoms with E-state index in [1.54, 1.807) is 24.3 Å². The van der Waals surface area contributed by atoms with Crippen LogP contribution >= 0.6 is 0 Å². The maximum atomic E-state index is 13.6. The van der Waals surface area contributed by atoms with E-state index in [-0.39, 0.29) is 12.2 Å². The van der Waals surface area contributed by atoms with Crippen molar-refractivity contribution >= 4 is 11.6 Å². The van der Waals surface area contributed by atoms with Gasteiger partial charge in [0, 0.05) is 5.56 Å². The van der Waals surface area contributed by atoms with Crippen LogP contribution in [0, 0.1) is 5.82 Å². The van der Waals surface area contributed by atoms with Gasteiger partial charge in [-0.2, -0.15) is 9.48 Å². The quantitative estimate of drug-likeness (QED) is 0.563. The lowest BCUT2D eigenvalue weighted by atomic mass is 10.1. The molecule has 0 saturated carbocycles. The molecule has 0 bridgehead atoms. The molecule has 4 rings (SSSR count). The van der Waals surface area contributed by atoms with Crippen LogP contribution in [-0.2, 0) is 11.3 Å². The van der Waals surface area contributed by atoms with Gasteiger partial charge in [-0.05, 0) is 39.9 Å². The van der Waals surface area contributed by atoms with E-state index in [4.69, 9.17) is 0 Å². The van der Waals surface area contributed by atoms with E-state index in [0.29, 0.717) is 17.1 Å². The summed E-state index contributed by atoms with van der Waals surface area (Å²) in [6.07, 6.45) is 1.45. The number of carbonyl (C=O) groups is 1.